The van der Waals surface area contributed by atoms with Gasteiger partial charge in [0.05, 0.1) is 0 Å². The molecule has 0 atom stereocenters. The van der Waals surface area contributed by atoms with E-state index in [1.54, 1.807) is 0 Å². The molecule has 0 aromatic heterocycles. The second-order valence-corrected chi connectivity index (χ2v) is 5.91. The zero-order valence-electron chi connectivity index (χ0n) is 11.2. The Hall–Kier alpha value is -0.860. The van der Waals surface area contributed by atoms with Gasteiger partial charge in [0.15, 0.2) is 0 Å². The summed E-state index contributed by atoms with van der Waals surface area (Å²) in [5, 5.41) is 6.91. The Morgan fingerprint density at radius 2 is 2.12 bits per heavy atom. The summed E-state index contributed by atoms with van der Waals surface area (Å²) in [6.45, 7) is 11.3. The molecule has 1 heterocycles. The van der Waals surface area contributed by atoms with Crippen molar-refractivity contribution in [2.75, 3.05) is 26.2 Å². The first-order valence-electron chi connectivity index (χ1n) is 6.56. The van der Waals surface area contributed by atoms with Crippen molar-refractivity contribution in [2.24, 2.45) is 5.92 Å². The Morgan fingerprint density at radius 3 is 2.71 bits per heavy atom. The molecule has 2 heteroatoms. The molecule has 1 aromatic rings. The molecule has 1 aliphatic rings. The minimum atomic E-state index is 0.212. The molecular weight excluding hydrogens is 208 g/mol. The highest BCUT2D eigenvalue weighted by molar-refractivity contribution is 5.28. The van der Waals surface area contributed by atoms with Gasteiger partial charge in [0.1, 0.15) is 0 Å². The molecule has 17 heavy (non-hydrogen) atoms. The van der Waals surface area contributed by atoms with Crippen molar-refractivity contribution in [3.63, 3.8) is 0 Å². The smallest absolute Gasteiger partial charge is 0.00433 e. The summed E-state index contributed by atoms with van der Waals surface area (Å²) in [7, 11) is 0. The molecule has 2 N–H and O–H groups in total. The van der Waals surface area contributed by atoms with Crippen molar-refractivity contribution in [1.29, 1.82) is 0 Å². The molecule has 0 amide bonds. The van der Waals surface area contributed by atoms with E-state index < -0.39 is 0 Å². The maximum absolute atomic E-state index is 3.61. The number of hydrogen-bond acceptors (Lipinski definition) is 2. The van der Waals surface area contributed by atoms with Crippen molar-refractivity contribution >= 4 is 0 Å². The fraction of sp³-hybridized carbons (Fsp3) is 0.600. The van der Waals surface area contributed by atoms with Crippen LogP contribution in [0.1, 0.15) is 25.0 Å². The molecule has 1 saturated heterocycles. The fourth-order valence-electron chi connectivity index (χ4n) is 2.25. The highest BCUT2D eigenvalue weighted by Crippen LogP contribution is 2.23. The summed E-state index contributed by atoms with van der Waals surface area (Å²) in [5.74, 6) is 0.836. The van der Waals surface area contributed by atoms with Gasteiger partial charge in [-0.1, -0.05) is 43.7 Å². The van der Waals surface area contributed by atoms with E-state index in [9.17, 15) is 0 Å². The van der Waals surface area contributed by atoms with E-state index in [2.05, 4.69) is 55.7 Å². The molecule has 1 fully saturated rings. The average Bonchev–Trinajstić information content (AvgIpc) is 2.22. The summed E-state index contributed by atoms with van der Waals surface area (Å²) in [6, 6.07) is 8.85. The van der Waals surface area contributed by atoms with Crippen molar-refractivity contribution in [1.82, 2.24) is 10.6 Å². The highest BCUT2D eigenvalue weighted by Gasteiger charge is 2.22. The number of aryl methyl sites for hydroxylation is 1. The van der Waals surface area contributed by atoms with E-state index in [0.717, 1.165) is 19.0 Å². The van der Waals surface area contributed by atoms with Crippen LogP contribution in [0, 0.1) is 12.8 Å². The lowest BCUT2D eigenvalue weighted by atomic mass is 9.83. The summed E-state index contributed by atoms with van der Waals surface area (Å²) in [4.78, 5) is 0. The third-order valence-corrected chi connectivity index (χ3v) is 3.67. The van der Waals surface area contributed by atoms with Gasteiger partial charge in [0.25, 0.3) is 0 Å². The lowest BCUT2D eigenvalue weighted by Crippen LogP contribution is -2.48. The van der Waals surface area contributed by atoms with E-state index in [1.807, 2.05) is 0 Å². The van der Waals surface area contributed by atoms with E-state index in [1.165, 1.54) is 24.2 Å². The quantitative estimate of drug-likeness (QED) is 0.812. The predicted molar refractivity (Wildman–Crippen MR) is 73.4 cm³/mol. The van der Waals surface area contributed by atoms with E-state index >= 15 is 0 Å². The van der Waals surface area contributed by atoms with Crippen molar-refractivity contribution in [3.05, 3.63) is 35.4 Å². The minimum Gasteiger partial charge on any atom is -0.316 e. The largest absolute Gasteiger partial charge is 0.316 e. The Kier molecular flexibility index (Phi) is 3.85. The minimum absolute atomic E-state index is 0.212. The van der Waals surface area contributed by atoms with Crippen LogP contribution < -0.4 is 10.6 Å². The fourth-order valence-corrected chi connectivity index (χ4v) is 2.25. The summed E-state index contributed by atoms with van der Waals surface area (Å²) in [6.07, 6.45) is 0. The maximum Gasteiger partial charge on any atom is 0.00433 e. The van der Waals surface area contributed by atoms with Crippen LogP contribution in [0.3, 0.4) is 0 Å². The molecule has 0 unspecified atom stereocenters. The molecule has 0 bridgehead atoms. The highest BCUT2D eigenvalue weighted by atomic mass is 15.0. The van der Waals surface area contributed by atoms with E-state index in [4.69, 9.17) is 0 Å². The van der Waals surface area contributed by atoms with Gasteiger partial charge < -0.3 is 10.6 Å². The van der Waals surface area contributed by atoms with Gasteiger partial charge in [0, 0.05) is 31.6 Å². The first-order chi connectivity index (χ1) is 8.08. The van der Waals surface area contributed by atoms with E-state index in [-0.39, 0.29) is 5.41 Å². The number of nitrogens with one attached hydrogen (secondary N) is 2. The van der Waals surface area contributed by atoms with Gasteiger partial charge in [-0.2, -0.15) is 0 Å². The summed E-state index contributed by atoms with van der Waals surface area (Å²) < 4.78 is 0. The summed E-state index contributed by atoms with van der Waals surface area (Å²) >= 11 is 0. The van der Waals surface area contributed by atoms with Gasteiger partial charge in [-0.15, -0.1) is 0 Å². The van der Waals surface area contributed by atoms with Gasteiger partial charge >= 0.3 is 0 Å². The number of rotatable bonds is 5. The molecule has 1 aliphatic heterocycles. The SMILES string of the molecule is Cc1cccc(C(C)(C)CNCC2CNC2)c1. The standard InChI is InChI=1S/C15H24N2/c1-12-5-4-6-14(7-12)15(2,3)11-17-10-13-8-16-9-13/h4-7,13,16-17H,8-11H2,1-3H3. The monoisotopic (exact) mass is 232 g/mol. The van der Waals surface area contributed by atoms with Crippen molar-refractivity contribution in [2.45, 2.75) is 26.2 Å². The van der Waals surface area contributed by atoms with Crippen molar-refractivity contribution < 1.29 is 0 Å². The molecule has 0 saturated carbocycles. The first-order valence-corrected chi connectivity index (χ1v) is 6.56. The van der Waals surface area contributed by atoms with Crippen LogP contribution in [0.15, 0.2) is 24.3 Å². The first kappa shape index (κ1) is 12.6. The second-order valence-electron chi connectivity index (χ2n) is 5.91. The zero-order chi connectivity index (χ0) is 12.3. The Balaban J connectivity index is 1.88. The van der Waals surface area contributed by atoms with Crippen LogP contribution in [0.25, 0.3) is 0 Å². The molecule has 94 valence electrons. The Morgan fingerprint density at radius 1 is 1.35 bits per heavy atom. The molecule has 0 radical (unpaired) electrons. The second kappa shape index (κ2) is 5.19. The van der Waals surface area contributed by atoms with Gasteiger partial charge in [-0.05, 0) is 18.4 Å². The Labute approximate surface area is 105 Å². The molecule has 2 nitrogen and oxygen atoms in total. The third-order valence-electron chi connectivity index (χ3n) is 3.67. The van der Waals surface area contributed by atoms with Crippen LogP contribution in [-0.2, 0) is 5.41 Å². The molecule has 1 aromatic carbocycles. The van der Waals surface area contributed by atoms with Gasteiger partial charge in [0.2, 0.25) is 0 Å². The number of benzene rings is 1. The maximum atomic E-state index is 3.61. The van der Waals surface area contributed by atoms with Gasteiger partial charge in [-0.3, -0.25) is 0 Å². The average molecular weight is 232 g/mol. The van der Waals surface area contributed by atoms with Crippen LogP contribution in [0.5, 0.6) is 0 Å². The lowest BCUT2D eigenvalue weighted by Gasteiger charge is -2.31. The molecule has 0 aliphatic carbocycles. The summed E-state index contributed by atoms with van der Waals surface area (Å²) in [5.41, 5.74) is 2.99. The third kappa shape index (κ3) is 3.30. The topological polar surface area (TPSA) is 24.1 Å². The van der Waals surface area contributed by atoms with E-state index in [0.29, 0.717) is 0 Å². The predicted octanol–water partition coefficient (Wildman–Crippen LogP) is 2.08. The zero-order valence-corrected chi connectivity index (χ0v) is 11.2. The van der Waals surface area contributed by atoms with Crippen LogP contribution in [-0.4, -0.2) is 26.2 Å². The molecule has 0 spiro atoms. The number of hydrogen-bond donors (Lipinski definition) is 2. The van der Waals surface area contributed by atoms with Crippen LogP contribution >= 0.6 is 0 Å². The van der Waals surface area contributed by atoms with Gasteiger partial charge in [-0.25, -0.2) is 0 Å². The van der Waals surface area contributed by atoms with Crippen molar-refractivity contribution in [3.8, 4) is 0 Å². The molecular formula is C15H24N2. The molecule has 2 rings (SSSR count). The van der Waals surface area contributed by atoms with Crippen LogP contribution in [0.2, 0.25) is 0 Å². The van der Waals surface area contributed by atoms with Crippen LogP contribution in [0.4, 0.5) is 0 Å². The normalized spacial score (nSPS) is 16.9. The lowest BCUT2D eigenvalue weighted by molar-refractivity contribution is 0.319. The Bertz CT molecular complexity index is 367.